The van der Waals surface area contributed by atoms with Crippen LogP contribution >= 0.6 is 0 Å². The summed E-state index contributed by atoms with van der Waals surface area (Å²) in [5.74, 6) is -4.33. The molecule has 0 aliphatic carbocycles. The van der Waals surface area contributed by atoms with Crippen molar-refractivity contribution in [2.75, 3.05) is 0 Å². The van der Waals surface area contributed by atoms with Gasteiger partial charge in [-0.25, -0.2) is 13.2 Å². The van der Waals surface area contributed by atoms with Crippen LogP contribution < -0.4 is 8.92 Å². The van der Waals surface area contributed by atoms with E-state index in [1.807, 2.05) is 13.8 Å². The summed E-state index contributed by atoms with van der Waals surface area (Å²) in [4.78, 5) is -1.09. The topological polar surface area (TPSA) is 52.6 Å². The molecule has 2 aromatic rings. The van der Waals surface area contributed by atoms with Crippen LogP contribution in [0.5, 0.6) is 11.5 Å². The standard InChI is InChI=1S/C16H13F3O4S/c1-16(2)8-9-4-3-5-13(15(9)22-16)23-24(20,21)14-7-11(18)10(17)6-12(14)19/h3-7H,8H2,1-2H3. The van der Waals surface area contributed by atoms with Crippen LogP contribution in [-0.4, -0.2) is 14.0 Å². The van der Waals surface area contributed by atoms with Gasteiger partial charge in [0.15, 0.2) is 23.1 Å². The molecule has 0 N–H and O–H groups in total. The number of para-hydroxylation sites is 1. The lowest BCUT2D eigenvalue weighted by Gasteiger charge is -2.18. The number of fused-ring (bicyclic) bond motifs is 1. The van der Waals surface area contributed by atoms with Crippen LogP contribution in [0.4, 0.5) is 13.2 Å². The van der Waals surface area contributed by atoms with E-state index in [9.17, 15) is 21.6 Å². The van der Waals surface area contributed by atoms with E-state index in [4.69, 9.17) is 8.92 Å². The van der Waals surface area contributed by atoms with E-state index < -0.39 is 38.1 Å². The van der Waals surface area contributed by atoms with Crippen molar-refractivity contribution in [1.82, 2.24) is 0 Å². The molecule has 8 heteroatoms. The molecule has 0 bridgehead atoms. The van der Waals surface area contributed by atoms with E-state index in [1.54, 1.807) is 12.1 Å². The summed E-state index contributed by atoms with van der Waals surface area (Å²) in [5, 5.41) is 0. The molecule has 0 unspecified atom stereocenters. The van der Waals surface area contributed by atoms with Gasteiger partial charge >= 0.3 is 10.1 Å². The van der Waals surface area contributed by atoms with Crippen molar-refractivity contribution in [3.8, 4) is 11.5 Å². The fourth-order valence-corrected chi connectivity index (χ4v) is 3.51. The van der Waals surface area contributed by atoms with Gasteiger partial charge in [-0.05, 0) is 19.9 Å². The lowest BCUT2D eigenvalue weighted by Crippen LogP contribution is -2.25. The van der Waals surface area contributed by atoms with Gasteiger partial charge in [0.1, 0.15) is 16.3 Å². The minimum atomic E-state index is -4.70. The molecular formula is C16H13F3O4S. The molecule has 1 aliphatic heterocycles. The Hall–Kier alpha value is -2.22. The zero-order valence-corrected chi connectivity index (χ0v) is 13.6. The maximum absolute atomic E-state index is 13.7. The van der Waals surface area contributed by atoms with Crippen LogP contribution in [0, 0.1) is 17.5 Å². The van der Waals surface area contributed by atoms with Crippen LogP contribution in [0.25, 0.3) is 0 Å². The fraction of sp³-hybridized carbons (Fsp3) is 0.250. The van der Waals surface area contributed by atoms with Crippen LogP contribution in [0.15, 0.2) is 35.2 Å². The second kappa shape index (κ2) is 5.41. The third kappa shape index (κ3) is 2.93. The Labute approximate surface area is 137 Å². The average Bonchev–Trinajstić information content (AvgIpc) is 2.77. The molecule has 0 aromatic heterocycles. The zero-order valence-electron chi connectivity index (χ0n) is 12.8. The first-order chi connectivity index (χ1) is 11.1. The third-order valence-corrected chi connectivity index (χ3v) is 4.75. The average molecular weight is 358 g/mol. The summed E-state index contributed by atoms with van der Waals surface area (Å²) < 4.78 is 75.0. The SMILES string of the molecule is CC1(C)Cc2cccc(OS(=O)(=O)c3cc(F)c(F)cc3F)c2O1. The summed E-state index contributed by atoms with van der Waals surface area (Å²) in [7, 11) is -4.70. The van der Waals surface area contributed by atoms with Gasteiger partial charge < -0.3 is 8.92 Å². The van der Waals surface area contributed by atoms with Crippen molar-refractivity contribution >= 4 is 10.1 Å². The van der Waals surface area contributed by atoms with Crippen molar-refractivity contribution in [2.45, 2.75) is 30.8 Å². The molecule has 2 aromatic carbocycles. The summed E-state index contributed by atoms with van der Waals surface area (Å²) in [6, 6.07) is 5.06. The maximum atomic E-state index is 13.7. The monoisotopic (exact) mass is 358 g/mol. The lowest BCUT2D eigenvalue weighted by molar-refractivity contribution is 0.136. The summed E-state index contributed by atoms with van der Waals surface area (Å²) >= 11 is 0. The van der Waals surface area contributed by atoms with E-state index in [0.717, 1.165) is 5.56 Å². The molecule has 4 nitrogen and oxygen atoms in total. The summed E-state index contributed by atoms with van der Waals surface area (Å²) in [5.41, 5.74) is 0.192. The van der Waals surface area contributed by atoms with Crippen LogP contribution in [-0.2, 0) is 16.5 Å². The minimum Gasteiger partial charge on any atom is -0.483 e. The predicted octanol–water partition coefficient (Wildman–Crippen LogP) is 3.59. The van der Waals surface area contributed by atoms with Gasteiger partial charge in [-0.15, -0.1) is 0 Å². The highest BCUT2D eigenvalue weighted by molar-refractivity contribution is 7.87. The first-order valence-electron chi connectivity index (χ1n) is 6.99. The molecule has 0 saturated carbocycles. The Balaban J connectivity index is 2.01. The summed E-state index contributed by atoms with van der Waals surface area (Å²) in [6.07, 6.45) is 0.541. The molecule has 1 heterocycles. The first kappa shape index (κ1) is 16.6. The number of halogens is 3. The van der Waals surface area contributed by atoms with Crippen LogP contribution in [0.1, 0.15) is 19.4 Å². The first-order valence-corrected chi connectivity index (χ1v) is 8.40. The third-order valence-electron chi connectivity index (χ3n) is 3.50. The highest BCUT2D eigenvalue weighted by Crippen LogP contribution is 2.42. The van der Waals surface area contributed by atoms with Gasteiger partial charge in [-0.3, -0.25) is 0 Å². The number of benzene rings is 2. The molecule has 0 spiro atoms. The van der Waals surface area contributed by atoms with Crippen LogP contribution in [0.2, 0.25) is 0 Å². The van der Waals surface area contributed by atoms with E-state index in [0.29, 0.717) is 6.42 Å². The predicted molar refractivity (Wildman–Crippen MR) is 79.0 cm³/mol. The molecule has 24 heavy (non-hydrogen) atoms. The molecule has 0 saturated heterocycles. The van der Waals surface area contributed by atoms with Crippen molar-refractivity contribution in [2.24, 2.45) is 0 Å². The second-order valence-corrected chi connectivity index (χ2v) is 7.53. The number of rotatable bonds is 3. The second-order valence-electron chi connectivity index (χ2n) is 6.02. The van der Waals surface area contributed by atoms with Crippen molar-refractivity contribution in [3.05, 3.63) is 53.3 Å². The minimum absolute atomic E-state index is 0.137. The Morgan fingerprint density at radius 3 is 2.46 bits per heavy atom. The lowest BCUT2D eigenvalue weighted by atomic mass is 10.0. The molecule has 3 rings (SSSR count). The molecule has 0 atom stereocenters. The molecule has 0 radical (unpaired) electrons. The molecule has 0 amide bonds. The largest absolute Gasteiger partial charge is 0.483 e. The highest BCUT2D eigenvalue weighted by atomic mass is 32.2. The fourth-order valence-electron chi connectivity index (χ4n) is 2.51. The zero-order chi connectivity index (χ0) is 17.7. The van der Waals surface area contributed by atoms with Crippen molar-refractivity contribution < 1.29 is 30.5 Å². The summed E-state index contributed by atoms with van der Waals surface area (Å²) in [6.45, 7) is 3.64. The number of ether oxygens (including phenoxy) is 1. The molecule has 1 aliphatic rings. The van der Waals surface area contributed by atoms with Gasteiger partial charge in [0.2, 0.25) is 0 Å². The van der Waals surface area contributed by atoms with Crippen molar-refractivity contribution in [3.63, 3.8) is 0 Å². The van der Waals surface area contributed by atoms with E-state index in [2.05, 4.69) is 0 Å². The Kier molecular flexibility index (Phi) is 3.75. The maximum Gasteiger partial charge on any atom is 0.342 e. The van der Waals surface area contributed by atoms with Gasteiger partial charge in [0.25, 0.3) is 0 Å². The Morgan fingerprint density at radius 1 is 1.08 bits per heavy atom. The Morgan fingerprint density at radius 2 is 1.75 bits per heavy atom. The van der Waals surface area contributed by atoms with Crippen molar-refractivity contribution in [1.29, 1.82) is 0 Å². The highest BCUT2D eigenvalue weighted by Gasteiger charge is 2.34. The number of hydrogen-bond donors (Lipinski definition) is 0. The van der Waals surface area contributed by atoms with Gasteiger partial charge in [0, 0.05) is 24.1 Å². The molecular weight excluding hydrogens is 345 g/mol. The smallest absolute Gasteiger partial charge is 0.342 e. The van der Waals surface area contributed by atoms with E-state index >= 15 is 0 Å². The van der Waals surface area contributed by atoms with Gasteiger partial charge in [-0.1, -0.05) is 12.1 Å². The normalized spacial score (nSPS) is 15.7. The van der Waals surface area contributed by atoms with Gasteiger partial charge in [-0.2, -0.15) is 8.42 Å². The molecule has 128 valence electrons. The van der Waals surface area contributed by atoms with Crippen LogP contribution in [0.3, 0.4) is 0 Å². The molecule has 0 fully saturated rings. The Bertz CT molecular complexity index is 923. The van der Waals surface area contributed by atoms with E-state index in [-0.39, 0.29) is 23.6 Å². The number of hydrogen-bond acceptors (Lipinski definition) is 4. The van der Waals surface area contributed by atoms with Gasteiger partial charge in [0.05, 0.1) is 0 Å². The van der Waals surface area contributed by atoms with E-state index in [1.165, 1.54) is 6.07 Å². The quantitative estimate of drug-likeness (QED) is 0.622.